The number of unbranched alkanes of at least 4 members (excludes halogenated alkanes) is 1. The maximum atomic E-state index is 11.9. The van der Waals surface area contributed by atoms with Gasteiger partial charge in [-0.2, -0.15) is 0 Å². The van der Waals surface area contributed by atoms with Crippen LogP contribution in [0.5, 0.6) is 0 Å². The van der Waals surface area contributed by atoms with Crippen LogP contribution < -0.4 is 0 Å². The molecule has 0 saturated carbocycles. The molecule has 1 aromatic rings. The largest absolute Gasteiger partial charge is 0.463 e. The lowest BCUT2D eigenvalue weighted by molar-refractivity contribution is -0.139. The maximum Gasteiger partial charge on any atom is 0.338 e. The molecule has 4 nitrogen and oxygen atoms in total. The number of ether oxygens (including phenoxy) is 2. The van der Waals surface area contributed by atoms with E-state index in [2.05, 4.69) is 0 Å². The number of hydrogen-bond acceptors (Lipinski definition) is 4. The zero-order valence-electron chi connectivity index (χ0n) is 11.9. The summed E-state index contributed by atoms with van der Waals surface area (Å²) in [6.07, 6.45) is 2.95. The van der Waals surface area contributed by atoms with Gasteiger partial charge in [0.25, 0.3) is 0 Å². The molecule has 0 unspecified atom stereocenters. The van der Waals surface area contributed by atoms with Crippen LogP contribution in [0.2, 0.25) is 0 Å². The minimum atomic E-state index is -0.523. The van der Waals surface area contributed by atoms with Gasteiger partial charge in [0.05, 0.1) is 18.8 Å². The van der Waals surface area contributed by atoms with E-state index in [9.17, 15) is 9.59 Å². The van der Waals surface area contributed by atoms with Crippen LogP contribution in [0.3, 0.4) is 0 Å². The molecule has 4 heteroatoms. The van der Waals surface area contributed by atoms with Crippen molar-refractivity contribution in [3.63, 3.8) is 0 Å². The number of hydrogen-bond donors (Lipinski definition) is 0. The zero-order valence-corrected chi connectivity index (χ0v) is 11.9. The number of benzene rings is 1. The van der Waals surface area contributed by atoms with Crippen LogP contribution >= 0.6 is 0 Å². The SMILES string of the molecule is CCCCOC(=O)/C=C(\C(=O)OCC)c1ccccc1. The van der Waals surface area contributed by atoms with E-state index in [1.54, 1.807) is 31.2 Å². The molecule has 0 aromatic heterocycles. The minimum Gasteiger partial charge on any atom is -0.463 e. The molecule has 108 valence electrons. The van der Waals surface area contributed by atoms with Gasteiger partial charge >= 0.3 is 11.9 Å². The van der Waals surface area contributed by atoms with Gasteiger partial charge in [0.2, 0.25) is 0 Å². The molecule has 0 aliphatic carbocycles. The second-order valence-corrected chi connectivity index (χ2v) is 4.17. The van der Waals surface area contributed by atoms with E-state index in [1.165, 1.54) is 6.08 Å². The highest BCUT2D eigenvalue weighted by Crippen LogP contribution is 2.16. The summed E-state index contributed by atoms with van der Waals surface area (Å²) in [5, 5.41) is 0. The topological polar surface area (TPSA) is 52.6 Å². The number of carbonyl (C=O) groups excluding carboxylic acids is 2. The predicted molar refractivity (Wildman–Crippen MR) is 76.9 cm³/mol. The summed E-state index contributed by atoms with van der Waals surface area (Å²) >= 11 is 0. The Labute approximate surface area is 119 Å². The van der Waals surface area contributed by atoms with Crippen LogP contribution in [-0.4, -0.2) is 25.2 Å². The van der Waals surface area contributed by atoms with Crippen LogP contribution in [0.15, 0.2) is 36.4 Å². The first-order valence-electron chi connectivity index (χ1n) is 6.80. The smallest absolute Gasteiger partial charge is 0.338 e. The zero-order chi connectivity index (χ0) is 14.8. The highest BCUT2D eigenvalue weighted by molar-refractivity contribution is 6.20. The Morgan fingerprint density at radius 3 is 2.40 bits per heavy atom. The normalized spacial score (nSPS) is 11.0. The van der Waals surface area contributed by atoms with Crippen molar-refractivity contribution in [1.29, 1.82) is 0 Å². The van der Waals surface area contributed by atoms with E-state index in [1.807, 2.05) is 13.0 Å². The molecule has 0 fully saturated rings. The average molecular weight is 276 g/mol. The van der Waals surface area contributed by atoms with E-state index < -0.39 is 11.9 Å². The molecule has 0 atom stereocenters. The van der Waals surface area contributed by atoms with E-state index in [-0.39, 0.29) is 12.2 Å². The van der Waals surface area contributed by atoms with E-state index in [0.717, 1.165) is 12.8 Å². The second kappa shape index (κ2) is 8.91. The molecular formula is C16H20O4. The second-order valence-electron chi connectivity index (χ2n) is 4.17. The highest BCUT2D eigenvalue weighted by atomic mass is 16.5. The Bertz CT molecular complexity index is 463. The molecule has 1 rings (SSSR count). The highest BCUT2D eigenvalue weighted by Gasteiger charge is 2.15. The van der Waals surface area contributed by atoms with Crippen molar-refractivity contribution in [1.82, 2.24) is 0 Å². The minimum absolute atomic E-state index is 0.217. The first-order valence-corrected chi connectivity index (χ1v) is 6.80. The van der Waals surface area contributed by atoms with Crippen molar-refractivity contribution in [2.75, 3.05) is 13.2 Å². The van der Waals surface area contributed by atoms with Crippen LogP contribution in [0.25, 0.3) is 5.57 Å². The molecule has 0 aliphatic heterocycles. The lowest BCUT2D eigenvalue weighted by Gasteiger charge is -2.07. The van der Waals surface area contributed by atoms with Crippen molar-refractivity contribution in [3.05, 3.63) is 42.0 Å². The van der Waals surface area contributed by atoms with Crippen molar-refractivity contribution < 1.29 is 19.1 Å². The van der Waals surface area contributed by atoms with Gasteiger partial charge in [-0.05, 0) is 18.9 Å². The molecule has 0 N–H and O–H groups in total. The van der Waals surface area contributed by atoms with Gasteiger partial charge in [0.1, 0.15) is 0 Å². The Hall–Kier alpha value is -2.10. The number of rotatable bonds is 7. The number of esters is 2. The van der Waals surface area contributed by atoms with Gasteiger partial charge in [-0.1, -0.05) is 43.7 Å². The van der Waals surface area contributed by atoms with Crippen LogP contribution in [0, 0.1) is 0 Å². The summed E-state index contributed by atoms with van der Waals surface area (Å²) in [6.45, 7) is 4.35. The average Bonchev–Trinajstić information content (AvgIpc) is 2.46. The molecule has 0 bridgehead atoms. The van der Waals surface area contributed by atoms with E-state index >= 15 is 0 Å². The molecule has 0 aliphatic rings. The van der Waals surface area contributed by atoms with Crippen LogP contribution in [0.1, 0.15) is 32.3 Å². The third-order valence-electron chi connectivity index (χ3n) is 2.58. The van der Waals surface area contributed by atoms with Gasteiger partial charge in [-0.25, -0.2) is 9.59 Å². The molecule has 0 saturated heterocycles. The first kappa shape index (κ1) is 16.0. The molecule has 0 heterocycles. The van der Waals surface area contributed by atoms with Gasteiger partial charge in [0, 0.05) is 6.08 Å². The van der Waals surface area contributed by atoms with Crippen LogP contribution in [-0.2, 0) is 19.1 Å². The van der Waals surface area contributed by atoms with E-state index in [0.29, 0.717) is 12.2 Å². The fourth-order valence-corrected chi connectivity index (χ4v) is 1.56. The number of carbonyl (C=O) groups is 2. The fraction of sp³-hybridized carbons (Fsp3) is 0.375. The molecular weight excluding hydrogens is 256 g/mol. The first-order chi connectivity index (χ1) is 9.69. The Morgan fingerprint density at radius 2 is 1.80 bits per heavy atom. The summed E-state index contributed by atoms with van der Waals surface area (Å²) < 4.78 is 10.0. The lowest BCUT2D eigenvalue weighted by Crippen LogP contribution is -2.10. The van der Waals surface area contributed by atoms with Gasteiger partial charge in [-0.3, -0.25) is 0 Å². The quantitative estimate of drug-likeness (QED) is 0.436. The predicted octanol–water partition coefficient (Wildman–Crippen LogP) is 2.98. The standard InChI is InChI=1S/C16H20O4/c1-3-5-11-20-15(17)12-14(16(18)19-4-2)13-9-7-6-8-10-13/h6-10,12H,3-5,11H2,1-2H3/b14-12-. The summed E-state index contributed by atoms with van der Waals surface area (Å²) in [5.74, 6) is -1.04. The summed E-state index contributed by atoms with van der Waals surface area (Å²) in [5.41, 5.74) is 0.854. The summed E-state index contributed by atoms with van der Waals surface area (Å²) in [4.78, 5) is 23.6. The van der Waals surface area contributed by atoms with Crippen molar-refractivity contribution >= 4 is 17.5 Å². The summed E-state index contributed by atoms with van der Waals surface area (Å²) in [7, 11) is 0. The van der Waals surface area contributed by atoms with Crippen molar-refractivity contribution in [2.45, 2.75) is 26.7 Å². The fourth-order valence-electron chi connectivity index (χ4n) is 1.56. The van der Waals surface area contributed by atoms with Crippen molar-refractivity contribution in [3.8, 4) is 0 Å². The Balaban J connectivity index is 2.87. The third kappa shape index (κ3) is 5.26. The lowest BCUT2D eigenvalue weighted by atomic mass is 10.1. The molecule has 1 aromatic carbocycles. The van der Waals surface area contributed by atoms with Gasteiger partial charge < -0.3 is 9.47 Å². The van der Waals surface area contributed by atoms with Gasteiger partial charge in [0.15, 0.2) is 0 Å². The Morgan fingerprint density at radius 1 is 1.10 bits per heavy atom. The molecule has 0 amide bonds. The van der Waals surface area contributed by atoms with Gasteiger partial charge in [-0.15, -0.1) is 0 Å². The van der Waals surface area contributed by atoms with E-state index in [4.69, 9.17) is 9.47 Å². The van der Waals surface area contributed by atoms with Crippen LogP contribution in [0.4, 0.5) is 0 Å². The molecule has 20 heavy (non-hydrogen) atoms. The monoisotopic (exact) mass is 276 g/mol. The van der Waals surface area contributed by atoms with Crippen molar-refractivity contribution in [2.24, 2.45) is 0 Å². The third-order valence-corrected chi connectivity index (χ3v) is 2.58. The maximum absolute atomic E-state index is 11.9. The Kier molecular flexibility index (Phi) is 7.11. The molecule has 0 radical (unpaired) electrons. The molecule has 0 spiro atoms. The summed E-state index contributed by atoms with van der Waals surface area (Å²) in [6, 6.07) is 8.94.